The molecule has 216 valence electrons. The van der Waals surface area contributed by atoms with E-state index in [1.807, 2.05) is 0 Å². The first kappa shape index (κ1) is 29.0. The van der Waals surface area contributed by atoms with Gasteiger partial charge < -0.3 is 9.72 Å². The Kier molecular flexibility index (Phi) is 7.95. The monoisotopic (exact) mass is 606 g/mol. The smallest absolute Gasteiger partial charge is 0.418 e. The van der Waals surface area contributed by atoms with Crippen LogP contribution in [0.25, 0.3) is 22.0 Å². The number of hydrazone groups is 1. The maximum atomic E-state index is 13.8. The number of carbonyl (C=O) groups excluding carboxylic acids is 2. The summed E-state index contributed by atoms with van der Waals surface area (Å²) >= 11 is 6.36. The number of aromatic amines is 1. The molecule has 0 fully saturated rings. The molecule has 0 bridgehead atoms. The van der Waals surface area contributed by atoms with Gasteiger partial charge in [0.1, 0.15) is 11.4 Å². The molecule has 0 aliphatic rings. The van der Waals surface area contributed by atoms with E-state index in [1.165, 1.54) is 36.5 Å². The van der Waals surface area contributed by atoms with Gasteiger partial charge in [-0.3, -0.25) is 14.9 Å². The molecular weight excluding hydrogens is 589 g/mol. The van der Waals surface area contributed by atoms with Gasteiger partial charge in [-0.1, -0.05) is 54.1 Å². The van der Waals surface area contributed by atoms with E-state index in [0.717, 1.165) is 18.2 Å². The molecule has 0 aliphatic heterocycles. The molecule has 9 nitrogen and oxygen atoms in total. The standard InChI is InChI=1S/C30H18ClF3N4O5/c31-23-10-3-2-7-20(23)25-21-8-5-9-22(30(32,33)34)26(21)36-27(25)28(39)37-35-16-18-6-1-4-11-24(18)43-29(40)17-12-14-19(15-13-17)38(41)42/h1-16,36H,(H,37,39). The number of nitro groups is 1. The number of nitrogens with zero attached hydrogens (tertiary/aromatic N) is 2. The highest BCUT2D eigenvalue weighted by Crippen LogP contribution is 2.41. The molecule has 0 atom stereocenters. The molecule has 1 aromatic heterocycles. The van der Waals surface area contributed by atoms with E-state index in [9.17, 15) is 32.9 Å². The lowest BCUT2D eigenvalue weighted by Crippen LogP contribution is -2.19. The fourth-order valence-electron chi connectivity index (χ4n) is 4.34. The van der Waals surface area contributed by atoms with Crippen LogP contribution in [0.1, 0.15) is 32.0 Å². The normalized spacial score (nSPS) is 11.5. The lowest BCUT2D eigenvalue weighted by Gasteiger charge is -2.08. The topological polar surface area (TPSA) is 127 Å². The number of ether oxygens (including phenoxy) is 1. The number of hydrogen-bond donors (Lipinski definition) is 2. The Morgan fingerprint density at radius 3 is 2.35 bits per heavy atom. The average Bonchev–Trinajstić information content (AvgIpc) is 3.37. The zero-order chi connectivity index (χ0) is 30.7. The highest BCUT2D eigenvalue weighted by atomic mass is 35.5. The Labute approximate surface area is 245 Å². The van der Waals surface area contributed by atoms with E-state index >= 15 is 0 Å². The number of H-pyrrole nitrogens is 1. The van der Waals surface area contributed by atoms with Crippen LogP contribution in [0, 0.1) is 10.1 Å². The predicted molar refractivity (Wildman–Crippen MR) is 153 cm³/mol. The van der Waals surface area contributed by atoms with Gasteiger partial charge in [0, 0.05) is 39.2 Å². The van der Waals surface area contributed by atoms with Crippen LogP contribution in [-0.4, -0.2) is 28.0 Å². The number of para-hydroxylation sites is 2. The van der Waals surface area contributed by atoms with E-state index in [1.54, 1.807) is 42.5 Å². The van der Waals surface area contributed by atoms with Crippen LogP contribution >= 0.6 is 11.6 Å². The van der Waals surface area contributed by atoms with Crippen molar-refractivity contribution in [3.8, 4) is 16.9 Å². The van der Waals surface area contributed by atoms with Crippen LogP contribution in [-0.2, 0) is 6.18 Å². The number of aromatic nitrogens is 1. The van der Waals surface area contributed by atoms with Crippen molar-refractivity contribution < 1.29 is 32.4 Å². The SMILES string of the molecule is O=C(Oc1ccccc1C=NNC(=O)c1[nH]c2c(C(F)(F)F)cccc2c1-c1ccccc1Cl)c1ccc([N+](=O)[O-])cc1. The zero-order valence-corrected chi connectivity index (χ0v) is 22.4. The summed E-state index contributed by atoms with van der Waals surface area (Å²) in [7, 11) is 0. The van der Waals surface area contributed by atoms with Gasteiger partial charge >= 0.3 is 12.1 Å². The van der Waals surface area contributed by atoms with Gasteiger partial charge in [-0.15, -0.1) is 0 Å². The van der Waals surface area contributed by atoms with Crippen LogP contribution in [0.4, 0.5) is 18.9 Å². The summed E-state index contributed by atoms with van der Waals surface area (Å²) < 4.78 is 46.8. The number of fused-ring (bicyclic) bond motifs is 1. The minimum absolute atomic E-state index is 0.0646. The van der Waals surface area contributed by atoms with Gasteiger partial charge in [-0.25, -0.2) is 10.2 Å². The summed E-state index contributed by atoms with van der Waals surface area (Å²) in [6.07, 6.45) is -3.50. The van der Waals surface area contributed by atoms with Crippen LogP contribution in [0.3, 0.4) is 0 Å². The summed E-state index contributed by atoms with van der Waals surface area (Å²) in [5.41, 5.74) is 1.51. The van der Waals surface area contributed by atoms with Crippen LogP contribution < -0.4 is 10.2 Å². The molecule has 5 aromatic rings. The maximum absolute atomic E-state index is 13.8. The van der Waals surface area contributed by atoms with Gasteiger partial charge in [0.15, 0.2) is 0 Å². The molecule has 0 spiro atoms. The number of halogens is 4. The highest BCUT2D eigenvalue weighted by molar-refractivity contribution is 6.34. The average molecular weight is 607 g/mol. The lowest BCUT2D eigenvalue weighted by molar-refractivity contribution is -0.384. The van der Waals surface area contributed by atoms with Crippen molar-refractivity contribution >= 4 is 46.3 Å². The molecule has 5 rings (SSSR count). The Balaban J connectivity index is 1.43. The van der Waals surface area contributed by atoms with Crippen LogP contribution in [0.5, 0.6) is 5.75 Å². The number of alkyl halides is 3. The van der Waals surface area contributed by atoms with Gasteiger partial charge in [0.2, 0.25) is 0 Å². The summed E-state index contributed by atoms with van der Waals surface area (Å²) in [5.74, 6) is -1.57. The molecule has 1 heterocycles. The van der Waals surface area contributed by atoms with Crippen LogP contribution in [0.2, 0.25) is 5.02 Å². The molecule has 2 N–H and O–H groups in total. The molecular formula is C30H18ClF3N4O5. The number of benzene rings is 4. The first-order valence-electron chi connectivity index (χ1n) is 12.4. The number of non-ortho nitro benzene ring substituents is 1. The number of amides is 1. The van der Waals surface area contributed by atoms with E-state index in [0.29, 0.717) is 5.56 Å². The molecule has 0 saturated carbocycles. The summed E-state index contributed by atoms with van der Waals surface area (Å²) in [5, 5.41) is 15.1. The summed E-state index contributed by atoms with van der Waals surface area (Å²) in [4.78, 5) is 38.7. The van der Waals surface area contributed by atoms with Crippen molar-refractivity contribution in [2.45, 2.75) is 6.18 Å². The van der Waals surface area contributed by atoms with Gasteiger partial charge in [0.05, 0.1) is 27.8 Å². The third-order valence-corrected chi connectivity index (χ3v) is 6.64. The maximum Gasteiger partial charge on any atom is 0.418 e. The molecule has 1 amide bonds. The molecule has 13 heteroatoms. The third-order valence-electron chi connectivity index (χ3n) is 6.31. The van der Waals surface area contributed by atoms with Gasteiger partial charge in [-0.05, 0) is 36.4 Å². The summed E-state index contributed by atoms with van der Waals surface area (Å²) in [6.45, 7) is 0. The Hall–Kier alpha value is -5.49. The van der Waals surface area contributed by atoms with Gasteiger partial charge in [-0.2, -0.15) is 18.3 Å². The van der Waals surface area contributed by atoms with E-state index in [-0.39, 0.29) is 49.7 Å². The zero-order valence-electron chi connectivity index (χ0n) is 21.7. The molecule has 4 aromatic carbocycles. The molecule has 43 heavy (non-hydrogen) atoms. The van der Waals surface area contributed by atoms with E-state index in [2.05, 4.69) is 15.5 Å². The van der Waals surface area contributed by atoms with E-state index < -0.39 is 28.5 Å². The Bertz CT molecular complexity index is 1900. The first-order chi connectivity index (χ1) is 20.5. The fraction of sp³-hybridized carbons (Fsp3) is 0.0333. The van der Waals surface area contributed by atoms with Crippen molar-refractivity contribution in [1.82, 2.24) is 10.4 Å². The number of carbonyl (C=O) groups is 2. The van der Waals surface area contributed by atoms with Crippen molar-refractivity contribution in [3.05, 3.63) is 129 Å². The van der Waals surface area contributed by atoms with E-state index in [4.69, 9.17) is 16.3 Å². The number of rotatable bonds is 7. The number of nitro benzene ring substituents is 1. The Morgan fingerprint density at radius 2 is 1.65 bits per heavy atom. The quantitative estimate of drug-likeness (QED) is 0.0656. The molecule has 0 saturated heterocycles. The van der Waals surface area contributed by atoms with Crippen LogP contribution in [0.15, 0.2) is 96.1 Å². The van der Waals surface area contributed by atoms with Gasteiger partial charge in [0.25, 0.3) is 11.6 Å². The number of esters is 1. The molecule has 0 unspecified atom stereocenters. The van der Waals surface area contributed by atoms with Crippen molar-refractivity contribution in [3.63, 3.8) is 0 Å². The summed E-state index contributed by atoms with van der Waals surface area (Å²) in [6, 6.07) is 21.1. The molecule has 0 radical (unpaired) electrons. The van der Waals surface area contributed by atoms with Crippen molar-refractivity contribution in [1.29, 1.82) is 0 Å². The minimum Gasteiger partial charge on any atom is -0.422 e. The fourth-order valence-corrected chi connectivity index (χ4v) is 4.57. The molecule has 0 aliphatic carbocycles. The number of nitrogens with one attached hydrogen (secondary N) is 2. The largest absolute Gasteiger partial charge is 0.422 e. The highest BCUT2D eigenvalue weighted by Gasteiger charge is 2.35. The predicted octanol–water partition coefficient (Wildman–Crippen LogP) is 7.40. The second-order valence-electron chi connectivity index (χ2n) is 9.01. The second-order valence-corrected chi connectivity index (χ2v) is 9.42. The minimum atomic E-state index is -4.69. The Morgan fingerprint density at radius 1 is 0.953 bits per heavy atom. The second kappa shape index (κ2) is 11.8. The lowest BCUT2D eigenvalue weighted by atomic mass is 10.00. The van der Waals surface area contributed by atoms with Crippen molar-refractivity contribution in [2.24, 2.45) is 5.10 Å². The first-order valence-corrected chi connectivity index (χ1v) is 12.8. The number of hydrogen-bond acceptors (Lipinski definition) is 6. The third kappa shape index (κ3) is 6.09. The van der Waals surface area contributed by atoms with Crippen molar-refractivity contribution in [2.75, 3.05) is 0 Å².